The van der Waals surface area contributed by atoms with E-state index < -0.39 is 10.0 Å². The Labute approximate surface area is 131 Å². The molecule has 2 rings (SSSR count). The van der Waals surface area contributed by atoms with Gasteiger partial charge in [-0.2, -0.15) is 0 Å². The number of aryl methyl sites for hydroxylation is 2. The second-order valence-electron chi connectivity index (χ2n) is 4.67. The summed E-state index contributed by atoms with van der Waals surface area (Å²) < 4.78 is 32.1. The summed E-state index contributed by atoms with van der Waals surface area (Å²) in [4.78, 5) is 0.201. The quantitative estimate of drug-likeness (QED) is 0.824. The molecule has 0 aliphatic rings. The minimum absolute atomic E-state index is 0. The van der Waals surface area contributed by atoms with E-state index in [4.69, 9.17) is 10.2 Å². The molecular formula is C14H19ClN2O3S. The normalized spacial score (nSPS) is 11.1. The van der Waals surface area contributed by atoms with Gasteiger partial charge < -0.3 is 10.2 Å². The van der Waals surface area contributed by atoms with Crippen LogP contribution in [0.25, 0.3) is 0 Å². The highest BCUT2D eigenvalue weighted by atomic mass is 35.5. The summed E-state index contributed by atoms with van der Waals surface area (Å²) in [6.07, 6.45) is 0.607. The maximum Gasteiger partial charge on any atom is 0.244 e. The van der Waals surface area contributed by atoms with Crippen LogP contribution in [0.5, 0.6) is 0 Å². The molecule has 0 radical (unpaired) electrons. The van der Waals surface area contributed by atoms with Crippen LogP contribution in [-0.4, -0.2) is 15.0 Å². The van der Waals surface area contributed by atoms with Crippen molar-refractivity contribution in [1.29, 1.82) is 0 Å². The van der Waals surface area contributed by atoms with Gasteiger partial charge in [-0.25, -0.2) is 13.1 Å². The molecule has 0 amide bonds. The van der Waals surface area contributed by atoms with Crippen molar-refractivity contribution in [3.63, 3.8) is 0 Å². The minimum atomic E-state index is -3.52. The number of anilines is 1. The zero-order chi connectivity index (χ0) is 14.8. The molecule has 3 N–H and O–H groups in total. The standard InChI is InChI=1S/C14H18N2O3S.ClH/c1-10-9-14(11(2)19-10)20(17,18)16-8-7-12-3-5-13(15)6-4-12;/h3-6,9,16H,7-8,15H2,1-2H3;1H. The van der Waals surface area contributed by atoms with E-state index in [9.17, 15) is 8.42 Å². The number of nitrogens with two attached hydrogens (primary N) is 1. The molecule has 0 fully saturated rings. The first-order chi connectivity index (χ1) is 9.38. The lowest BCUT2D eigenvalue weighted by Crippen LogP contribution is -2.26. The van der Waals surface area contributed by atoms with Crippen molar-refractivity contribution in [2.45, 2.75) is 25.2 Å². The molecule has 0 aliphatic carbocycles. The Kier molecular flexibility index (Phi) is 5.83. The van der Waals surface area contributed by atoms with Crippen LogP contribution in [0.15, 0.2) is 39.6 Å². The highest BCUT2D eigenvalue weighted by Crippen LogP contribution is 2.19. The molecule has 21 heavy (non-hydrogen) atoms. The van der Waals surface area contributed by atoms with E-state index in [-0.39, 0.29) is 17.3 Å². The lowest BCUT2D eigenvalue weighted by atomic mass is 10.1. The number of sulfonamides is 1. The summed E-state index contributed by atoms with van der Waals surface area (Å²) in [5.41, 5.74) is 7.32. The highest BCUT2D eigenvalue weighted by Gasteiger charge is 2.19. The van der Waals surface area contributed by atoms with E-state index in [1.807, 2.05) is 12.1 Å². The molecule has 0 saturated heterocycles. The lowest BCUT2D eigenvalue weighted by molar-refractivity contribution is 0.495. The third kappa shape index (κ3) is 4.49. The largest absolute Gasteiger partial charge is 0.465 e. The Morgan fingerprint density at radius 2 is 1.81 bits per heavy atom. The van der Waals surface area contributed by atoms with Gasteiger partial charge in [-0.15, -0.1) is 12.4 Å². The lowest BCUT2D eigenvalue weighted by Gasteiger charge is -2.06. The first kappa shape index (κ1) is 17.6. The average molecular weight is 331 g/mol. The Morgan fingerprint density at radius 3 is 2.33 bits per heavy atom. The Balaban J connectivity index is 0.00000220. The van der Waals surface area contributed by atoms with Crippen LogP contribution in [-0.2, 0) is 16.4 Å². The second-order valence-corrected chi connectivity index (χ2v) is 6.40. The maximum absolute atomic E-state index is 12.1. The molecular weight excluding hydrogens is 312 g/mol. The number of benzene rings is 1. The molecule has 5 nitrogen and oxygen atoms in total. The van der Waals surface area contributed by atoms with Gasteiger partial charge in [-0.1, -0.05) is 12.1 Å². The van der Waals surface area contributed by atoms with Crippen LogP contribution in [0.2, 0.25) is 0 Å². The number of halogens is 1. The molecule has 0 unspecified atom stereocenters. The zero-order valence-electron chi connectivity index (χ0n) is 11.9. The molecule has 2 aromatic rings. The van der Waals surface area contributed by atoms with Crippen molar-refractivity contribution in [2.75, 3.05) is 12.3 Å². The summed E-state index contributed by atoms with van der Waals surface area (Å²) in [5, 5.41) is 0. The van der Waals surface area contributed by atoms with Crippen molar-refractivity contribution >= 4 is 28.1 Å². The number of hydrogen-bond acceptors (Lipinski definition) is 4. The van der Waals surface area contributed by atoms with E-state index in [2.05, 4.69) is 4.72 Å². The number of nitrogens with one attached hydrogen (secondary N) is 1. The van der Waals surface area contributed by atoms with E-state index in [0.29, 0.717) is 30.2 Å². The predicted octanol–water partition coefficient (Wildman–Crippen LogP) is 2.42. The summed E-state index contributed by atoms with van der Waals surface area (Å²) in [7, 11) is -3.52. The Bertz CT molecular complexity index is 694. The number of hydrogen-bond donors (Lipinski definition) is 2. The van der Waals surface area contributed by atoms with E-state index >= 15 is 0 Å². The van der Waals surface area contributed by atoms with Crippen molar-refractivity contribution < 1.29 is 12.8 Å². The van der Waals surface area contributed by atoms with Crippen molar-refractivity contribution in [2.24, 2.45) is 0 Å². The molecule has 0 spiro atoms. The van der Waals surface area contributed by atoms with Crippen LogP contribution >= 0.6 is 12.4 Å². The molecule has 1 aromatic heterocycles. The van der Waals surface area contributed by atoms with Gasteiger partial charge in [0.2, 0.25) is 10.0 Å². The van der Waals surface area contributed by atoms with Crippen molar-refractivity contribution in [1.82, 2.24) is 4.72 Å². The van der Waals surface area contributed by atoms with E-state index in [1.54, 1.807) is 26.0 Å². The fourth-order valence-corrected chi connectivity index (χ4v) is 3.23. The third-order valence-electron chi connectivity index (χ3n) is 2.97. The van der Waals surface area contributed by atoms with Gasteiger partial charge in [0, 0.05) is 12.2 Å². The summed E-state index contributed by atoms with van der Waals surface area (Å²) >= 11 is 0. The van der Waals surface area contributed by atoms with Crippen molar-refractivity contribution in [3.8, 4) is 0 Å². The molecule has 0 saturated carbocycles. The topological polar surface area (TPSA) is 85.3 Å². The molecule has 116 valence electrons. The summed E-state index contributed by atoms with van der Waals surface area (Å²) in [6, 6.07) is 8.90. The maximum atomic E-state index is 12.1. The minimum Gasteiger partial charge on any atom is -0.465 e. The van der Waals surface area contributed by atoms with Gasteiger partial charge in [0.15, 0.2) is 0 Å². The van der Waals surface area contributed by atoms with Crippen LogP contribution in [0.4, 0.5) is 5.69 Å². The van der Waals surface area contributed by atoms with Crippen LogP contribution in [0.3, 0.4) is 0 Å². The Morgan fingerprint density at radius 1 is 1.19 bits per heavy atom. The Hall–Kier alpha value is -1.50. The molecule has 0 atom stereocenters. The van der Waals surface area contributed by atoms with Crippen LogP contribution < -0.4 is 10.5 Å². The number of furan rings is 1. The first-order valence-corrected chi connectivity index (χ1v) is 7.78. The monoisotopic (exact) mass is 330 g/mol. The third-order valence-corrected chi connectivity index (χ3v) is 4.54. The van der Waals surface area contributed by atoms with Gasteiger partial charge in [0.05, 0.1) is 0 Å². The first-order valence-electron chi connectivity index (χ1n) is 6.29. The molecule has 0 bridgehead atoms. The van der Waals surface area contributed by atoms with Gasteiger partial charge in [-0.05, 0) is 44.0 Å². The van der Waals surface area contributed by atoms with Gasteiger partial charge >= 0.3 is 0 Å². The highest BCUT2D eigenvalue weighted by molar-refractivity contribution is 7.89. The van der Waals surface area contributed by atoms with Crippen molar-refractivity contribution in [3.05, 3.63) is 47.4 Å². The number of nitrogen functional groups attached to an aromatic ring is 1. The smallest absolute Gasteiger partial charge is 0.244 e. The zero-order valence-corrected chi connectivity index (χ0v) is 13.6. The van der Waals surface area contributed by atoms with E-state index in [0.717, 1.165) is 5.56 Å². The summed E-state index contributed by atoms with van der Waals surface area (Å²) in [5.74, 6) is 0.990. The number of rotatable bonds is 5. The molecule has 7 heteroatoms. The fourth-order valence-electron chi connectivity index (χ4n) is 1.97. The van der Waals surface area contributed by atoms with Gasteiger partial charge in [-0.3, -0.25) is 0 Å². The van der Waals surface area contributed by atoms with E-state index in [1.165, 1.54) is 6.07 Å². The molecule has 1 heterocycles. The molecule has 1 aromatic carbocycles. The van der Waals surface area contributed by atoms with Gasteiger partial charge in [0.25, 0.3) is 0 Å². The van der Waals surface area contributed by atoms with Crippen LogP contribution in [0.1, 0.15) is 17.1 Å². The van der Waals surface area contributed by atoms with Crippen LogP contribution in [0, 0.1) is 13.8 Å². The SMILES string of the molecule is Cc1cc(S(=O)(=O)NCCc2ccc(N)cc2)c(C)o1.Cl. The second kappa shape index (κ2) is 6.98. The summed E-state index contributed by atoms with van der Waals surface area (Å²) in [6.45, 7) is 3.69. The fraction of sp³-hybridized carbons (Fsp3) is 0.286. The average Bonchev–Trinajstić information content (AvgIpc) is 2.72. The molecule has 0 aliphatic heterocycles. The predicted molar refractivity (Wildman–Crippen MR) is 85.2 cm³/mol. The van der Waals surface area contributed by atoms with Gasteiger partial charge in [0.1, 0.15) is 16.4 Å².